The molecular weight excluding hydrogens is 252 g/mol. The van der Waals surface area contributed by atoms with Crippen molar-refractivity contribution >= 4 is 0 Å². The molecule has 0 amide bonds. The van der Waals surface area contributed by atoms with Crippen molar-refractivity contribution in [3.63, 3.8) is 0 Å². The van der Waals surface area contributed by atoms with E-state index in [0.29, 0.717) is 11.5 Å². The summed E-state index contributed by atoms with van der Waals surface area (Å²) < 4.78 is 37.7. The van der Waals surface area contributed by atoms with Crippen LogP contribution < -0.4 is 14.8 Å². The minimum absolute atomic E-state index is 0.0351. The number of halogens is 2. The molecule has 19 heavy (non-hydrogen) atoms. The molecule has 1 saturated heterocycles. The van der Waals surface area contributed by atoms with E-state index >= 15 is 0 Å². The van der Waals surface area contributed by atoms with E-state index < -0.39 is 5.92 Å². The van der Waals surface area contributed by atoms with E-state index in [4.69, 9.17) is 9.47 Å². The van der Waals surface area contributed by atoms with Gasteiger partial charge in [0.15, 0.2) is 11.5 Å². The standard InChI is InChI=1S/C14H19F2NO2/c1-14(15,16)10-6-11(9-4-5-17-8-9)13(19-3)12(7-10)18-2/h6-7,9,17H,4-5,8H2,1-3H3. The molecule has 0 spiro atoms. The van der Waals surface area contributed by atoms with Gasteiger partial charge in [-0.2, -0.15) is 0 Å². The van der Waals surface area contributed by atoms with Crippen molar-refractivity contribution in [1.82, 2.24) is 5.32 Å². The summed E-state index contributed by atoms with van der Waals surface area (Å²) in [5, 5.41) is 3.23. The van der Waals surface area contributed by atoms with Crippen LogP contribution in [0.4, 0.5) is 8.78 Å². The van der Waals surface area contributed by atoms with Gasteiger partial charge in [0.1, 0.15) is 0 Å². The van der Waals surface area contributed by atoms with Gasteiger partial charge in [0.2, 0.25) is 0 Å². The fraction of sp³-hybridized carbons (Fsp3) is 0.571. The highest BCUT2D eigenvalue weighted by Gasteiger charge is 2.30. The van der Waals surface area contributed by atoms with Gasteiger partial charge in [0, 0.05) is 30.5 Å². The summed E-state index contributed by atoms with van der Waals surface area (Å²) in [7, 11) is 3.00. The molecular formula is C14H19F2NO2. The van der Waals surface area contributed by atoms with Gasteiger partial charge in [-0.15, -0.1) is 0 Å². The lowest BCUT2D eigenvalue weighted by atomic mass is 9.93. The average molecular weight is 271 g/mol. The minimum atomic E-state index is -2.89. The van der Waals surface area contributed by atoms with Crippen LogP contribution in [-0.4, -0.2) is 27.3 Å². The summed E-state index contributed by atoms with van der Waals surface area (Å²) in [6.45, 7) is 2.56. The highest BCUT2D eigenvalue weighted by molar-refractivity contribution is 5.52. The Morgan fingerprint density at radius 2 is 2.00 bits per heavy atom. The number of benzene rings is 1. The topological polar surface area (TPSA) is 30.5 Å². The van der Waals surface area contributed by atoms with Crippen LogP contribution in [0.3, 0.4) is 0 Å². The Balaban J connectivity index is 2.54. The van der Waals surface area contributed by atoms with Crippen LogP contribution >= 0.6 is 0 Å². The molecule has 1 N–H and O–H groups in total. The predicted octanol–water partition coefficient (Wildman–Crippen LogP) is 2.89. The largest absolute Gasteiger partial charge is 0.493 e. The monoisotopic (exact) mass is 271 g/mol. The van der Waals surface area contributed by atoms with E-state index in [1.165, 1.54) is 20.3 Å². The third-order valence-corrected chi connectivity index (χ3v) is 3.51. The first-order valence-corrected chi connectivity index (χ1v) is 6.32. The zero-order valence-corrected chi connectivity index (χ0v) is 11.4. The van der Waals surface area contributed by atoms with Gasteiger partial charge in [-0.05, 0) is 25.1 Å². The van der Waals surface area contributed by atoms with Gasteiger partial charge >= 0.3 is 0 Å². The summed E-state index contributed by atoms with van der Waals surface area (Å²) in [5.74, 6) is -1.78. The van der Waals surface area contributed by atoms with Crippen molar-refractivity contribution in [2.24, 2.45) is 0 Å². The molecule has 2 rings (SSSR count). The summed E-state index contributed by atoms with van der Waals surface area (Å²) in [6.07, 6.45) is 0.915. The molecule has 1 aromatic carbocycles. The number of ether oxygens (including phenoxy) is 2. The van der Waals surface area contributed by atoms with Crippen molar-refractivity contribution in [1.29, 1.82) is 0 Å². The van der Waals surface area contributed by atoms with Crippen LogP contribution in [0.5, 0.6) is 11.5 Å². The molecule has 5 heteroatoms. The van der Waals surface area contributed by atoms with Gasteiger partial charge in [0.05, 0.1) is 14.2 Å². The number of rotatable bonds is 4. The van der Waals surface area contributed by atoms with Gasteiger partial charge in [0.25, 0.3) is 5.92 Å². The Labute approximate surface area is 111 Å². The van der Waals surface area contributed by atoms with Crippen LogP contribution in [0.1, 0.15) is 30.4 Å². The van der Waals surface area contributed by atoms with E-state index in [2.05, 4.69) is 5.32 Å². The predicted molar refractivity (Wildman–Crippen MR) is 69.3 cm³/mol. The van der Waals surface area contributed by atoms with E-state index in [0.717, 1.165) is 32.0 Å². The Kier molecular flexibility index (Phi) is 3.94. The Morgan fingerprint density at radius 1 is 1.26 bits per heavy atom. The molecule has 1 atom stereocenters. The van der Waals surface area contributed by atoms with E-state index in [1.54, 1.807) is 6.07 Å². The van der Waals surface area contributed by atoms with Gasteiger partial charge in [-0.1, -0.05) is 0 Å². The van der Waals surface area contributed by atoms with Crippen LogP contribution in [-0.2, 0) is 5.92 Å². The number of methoxy groups -OCH3 is 2. The molecule has 0 saturated carbocycles. The summed E-state index contributed by atoms with van der Waals surface area (Å²) in [5.41, 5.74) is 0.760. The molecule has 1 aliphatic rings. The number of hydrogen-bond donors (Lipinski definition) is 1. The SMILES string of the molecule is COc1cc(C(C)(F)F)cc(C2CCNC2)c1OC. The fourth-order valence-corrected chi connectivity index (χ4v) is 2.47. The molecule has 1 unspecified atom stereocenters. The lowest BCUT2D eigenvalue weighted by Gasteiger charge is -2.20. The van der Waals surface area contributed by atoms with Crippen LogP contribution in [0.2, 0.25) is 0 Å². The van der Waals surface area contributed by atoms with E-state index in [1.807, 2.05) is 0 Å². The number of nitrogens with one attached hydrogen (secondary N) is 1. The highest BCUT2D eigenvalue weighted by atomic mass is 19.3. The molecule has 0 bridgehead atoms. The molecule has 106 valence electrons. The zero-order chi connectivity index (χ0) is 14.0. The fourth-order valence-electron chi connectivity index (χ4n) is 2.47. The third kappa shape index (κ3) is 2.81. The molecule has 0 radical (unpaired) electrons. The van der Waals surface area contributed by atoms with Crippen LogP contribution in [0.25, 0.3) is 0 Å². The maximum atomic E-state index is 13.6. The lowest BCUT2D eigenvalue weighted by Crippen LogP contribution is -2.12. The van der Waals surface area contributed by atoms with Crippen molar-refractivity contribution in [2.45, 2.75) is 25.2 Å². The smallest absolute Gasteiger partial charge is 0.270 e. The maximum absolute atomic E-state index is 13.6. The zero-order valence-electron chi connectivity index (χ0n) is 11.4. The molecule has 1 aromatic rings. The molecule has 1 heterocycles. The number of hydrogen-bond acceptors (Lipinski definition) is 3. The second-order valence-electron chi connectivity index (χ2n) is 4.88. The molecule has 1 fully saturated rings. The van der Waals surface area contributed by atoms with Gasteiger partial charge < -0.3 is 14.8 Å². The lowest BCUT2D eigenvalue weighted by molar-refractivity contribution is 0.0171. The van der Waals surface area contributed by atoms with Gasteiger partial charge in [-0.3, -0.25) is 0 Å². The molecule has 3 nitrogen and oxygen atoms in total. The first-order chi connectivity index (χ1) is 8.97. The third-order valence-electron chi connectivity index (χ3n) is 3.51. The van der Waals surface area contributed by atoms with Crippen LogP contribution in [0, 0.1) is 0 Å². The van der Waals surface area contributed by atoms with Crippen LogP contribution in [0.15, 0.2) is 12.1 Å². The summed E-state index contributed by atoms with van der Waals surface area (Å²) >= 11 is 0. The highest BCUT2D eigenvalue weighted by Crippen LogP contribution is 2.42. The second kappa shape index (κ2) is 5.33. The molecule has 1 aliphatic heterocycles. The minimum Gasteiger partial charge on any atom is -0.493 e. The first-order valence-electron chi connectivity index (χ1n) is 6.32. The summed E-state index contributed by atoms with van der Waals surface area (Å²) in [4.78, 5) is 0. The van der Waals surface area contributed by atoms with E-state index in [9.17, 15) is 8.78 Å². The van der Waals surface area contributed by atoms with E-state index in [-0.39, 0.29) is 11.5 Å². The Morgan fingerprint density at radius 3 is 2.47 bits per heavy atom. The normalized spacial score (nSPS) is 19.5. The Hall–Kier alpha value is -1.36. The molecule has 0 aliphatic carbocycles. The number of alkyl halides is 2. The quantitative estimate of drug-likeness (QED) is 0.913. The van der Waals surface area contributed by atoms with Gasteiger partial charge in [-0.25, -0.2) is 8.78 Å². The first kappa shape index (κ1) is 14.1. The Bertz CT molecular complexity index is 451. The summed E-state index contributed by atoms with van der Waals surface area (Å²) in [6, 6.07) is 2.89. The average Bonchev–Trinajstić information content (AvgIpc) is 2.89. The van der Waals surface area contributed by atoms with Crippen molar-refractivity contribution in [3.8, 4) is 11.5 Å². The van der Waals surface area contributed by atoms with Crippen molar-refractivity contribution < 1.29 is 18.3 Å². The van der Waals surface area contributed by atoms with Crippen molar-refractivity contribution in [3.05, 3.63) is 23.3 Å². The second-order valence-corrected chi connectivity index (χ2v) is 4.88. The van der Waals surface area contributed by atoms with Crippen molar-refractivity contribution in [2.75, 3.05) is 27.3 Å². The maximum Gasteiger partial charge on any atom is 0.270 e. The molecule has 0 aromatic heterocycles.